The van der Waals surface area contributed by atoms with Crippen molar-refractivity contribution in [3.63, 3.8) is 0 Å². The molecule has 6 nitrogen and oxygen atoms in total. The summed E-state index contributed by atoms with van der Waals surface area (Å²) in [6.45, 7) is 2.93. The first-order chi connectivity index (χ1) is 11.7. The van der Waals surface area contributed by atoms with Gasteiger partial charge in [0.15, 0.2) is 0 Å². The second-order valence-electron chi connectivity index (χ2n) is 5.85. The second-order valence-corrected chi connectivity index (χ2v) is 6.23. The summed E-state index contributed by atoms with van der Waals surface area (Å²) in [4.78, 5) is 10.6. The summed E-state index contributed by atoms with van der Waals surface area (Å²) < 4.78 is 5.26. The number of hydrogen-bond acceptors (Lipinski definition) is 6. The van der Waals surface area contributed by atoms with Gasteiger partial charge in [0.2, 0.25) is 5.95 Å². The number of rotatable bonds is 6. The summed E-state index contributed by atoms with van der Waals surface area (Å²) in [7, 11) is 1.68. The van der Waals surface area contributed by atoms with Crippen LogP contribution in [0.25, 0.3) is 0 Å². The molecule has 1 aromatic heterocycles. The van der Waals surface area contributed by atoms with Gasteiger partial charge in [-0.05, 0) is 43.6 Å². The summed E-state index contributed by atoms with van der Waals surface area (Å²) in [5, 5.41) is 3.68. The van der Waals surface area contributed by atoms with Crippen molar-refractivity contribution in [2.45, 2.75) is 18.9 Å². The van der Waals surface area contributed by atoms with Crippen molar-refractivity contribution in [2.75, 3.05) is 37.8 Å². The quantitative estimate of drug-likeness (QED) is 0.782. The summed E-state index contributed by atoms with van der Waals surface area (Å²) in [6.07, 6.45) is 2.47. The molecule has 24 heavy (non-hydrogen) atoms. The number of nitrogens with one attached hydrogen (secondary N) is 1. The van der Waals surface area contributed by atoms with Crippen molar-refractivity contribution in [1.82, 2.24) is 14.9 Å². The maximum atomic E-state index is 5.95. The maximum absolute atomic E-state index is 5.95. The molecule has 1 saturated heterocycles. The molecule has 1 unspecified atom stereocenters. The summed E-state index contributed by atoms with van der Waals surface area (Å²) >= 11 is 5.95. The number of ether oxygens (including phenoxy) is 1. The minimum Gasteiger partial charge on any atom is -0.497 e. The van der Waals surface area contributed by atoms with Gasteiger partial charge >= 0.3 is 0 Å². The van der Waals surface area contributed by atoms with E-state index in [1.54, 1.807) is 13.2 Å². The van der Waals surface area contributed by atoms with E-state index in [0.717, 1.165) is 25.4 Å². The third-order valence-electron chi connectivity index (χ3n) is 4.27. The minimum atomic E-state index is 0.173. The molecule has 1 atom stereocenters. The zero-order chi connectivity index (χ0) is 16.9. The van der Waals surface area contributed by atoms with Crippen molar-refractivity contribution in [3.05, 3.63) is 41.0 Å². The lowest BCUT2D eigenvalue weighted by molar-refractivity contribution is 0.255. The van der Waals surface area contributed by atoms with E-state index in [0.29, 0.717) is 11.0 Å². The Morgan fingerprint density at radius 2 is 1.96 bits per heavy atom. The summed E-state index contributed by atoms with van der Waals surface area (Å²) in [6, 6.07) is 10.2. The highest BCUT2D eigenvalue weighted by atomic mass is 35.5. The second kappa shape index (κ2) is 7.68. The Balaban J connectivity index is 1.76. The Bertz CT molecular complexity index is 653. The minimum absolute atomic E-state index is 0.173. The first kappa shape index (κ1) is 16.8. The Labute approximate surface area is 147 Å². The standard InChI is InChI=1S/C17H22ClN5O/c1-24-13-6-4-12(5-7-13)14(23-8-2-3-9-23)11-20-16-10-15(18)21-17(19)22-16/h4-7,10,14H,2-3,8-9,11H2,1H3,(H3,19,20,21,22). The number of hydrogen-bond donors (Lipinski definition) is 2. The molecule has 0 aliphatic carbocycles. The largest absolute Gasteiger partial charge is 0.497 e. The molecular weight excluding hydrogens is 326 g/mol. The van der Waals surface area contributed by atoms with Gasteiger partial charge in [-0.1, -0.05) is 23.7 Å². The molecule has 0 bridgehead atoms. The number of nitrogens with zero attached hydrogens (tertiary/aromatic N) is 3. The van der Waals surface area contributed by atoms with Gasteiger partial charge in [-0.25, -0.2) is 4.98 Å². The predicted octanol–water partition coefficient (Wildman–Crippen LogP) is 2.97. The van der Waals surface area contributed by atoms with E-state index in [1.165, 1.54) is 18.4 Å². The van der Waals surface area contributed by atoms with E-state index < -0.39 is 0 Å². The summed E-state index contributed by atoms with van der Waals surface area (Å²) in [5.74, 6) is 1.68. The Hall–Kier alpha value is -2.05. The van der Waals surface area contributed by atoms with Gasteiger partial charge in [0.05, 0.1) is 13.2 Å². The van der Waals surface area contributed by atoms with Crippen molar-refractivity contribution < 1.29 is 4.74 Å². The molecule has 3 rings (SSSR count). The smallest absolute Gasteiger partial charge is 0.223 e. The van der Waals surface area contributed by atoms with Crippen molar-refractivity contribution in [3.8, 4) is 5.75 Å². The van der Waals surface area contributed by atoms with Crippen LogP contribution in [0.1, 0.15) is 24.4 Å². The molecule has 1 aliphatic rings. The van der Waals surface area contributed by atoms with Crippen molar-refractivity contribution >= 4 is 23.4 Å². The highest BCUT2D eigenvalue weighted by Crippen LogP contribution is 2.27. The van der Waals surface area contributed by atoms with Crippen molar-refractivity contribution in [2.24, 2.45) is 0 Å². The molecule has 0 amide bonds. The Morgan fingerprint density at radius 3 is 2.58 bits per heavy atom. The van der Waals surface area contributed by atoms with Crippen LogP contribution in [0.15, 0.2) is 30.3 Å². The van der Waals surface area contributed by atoms with Crippen LogP contribution in [0.5, 0.6) is 5.75 Å². The Kier molecular flexibility index (Phi) is 5.37. The maximum Gasteiger partial charge on any atom is 0.223 e. The molecule has 0 radical (unpaired) electrons. The Morgan fingerprint density at radius 1 is 1.25 bits per heavy atom. The molecule has 2 heterocycles. The lowest BCUT2D eigenvalue weighted by Crippen LogP contribution is -2.31. The molecule has 1 fully saturated rings. The molecule has 128 valence electrons. The van der Waals surface area contributed by atoms with E-state index in [2.05, 4.69) is 32.3 Å². The van der Waals surface area contributed by atoms with Gasteiger partial charge in [-0.15, -0.1) is 0 Å². The molecule has 2 aromatic rings. The third kappa shape index (κ3) is 4.07. The van der Waals surface area contributed by atoms with Crippen LogP contribution < -0.4 is 15.8 Å². The van der Waals surface area contributed by atoms with Crippen LogP contribution in [-0.4, -0.2) is 41.6 Å². The van der Waals surface area contributed by atoms with Gasteiger partial charge in [-0.3, -0.25) is 4.90 Å². The van der Waals surface area contributed by atoms with Gasteiger partial charge < -0.3 is 15.8 Å². The lowest BCUT2D eigenvalue weighted by Gasteiger charge is -2.28. The fourth-order valence-electron chi connectivity index (χ4n) is 3.06. The van der Waals surface area contributed by atoms with Crippen LogP contribution in [0.4, 0.5) is 11.8 Å². The van der Waals surface area contributed by atoms with Crippen LogP contribution in [0, 0.1) is 0 Å². The highest BCUT2D eigenvalue weighted by Gasteiger charge is 2.23. The number of anilines is 2. The fourth-order valence-corrected chi connectivity index (χ4v) is 3.25. The monoisotopic (exact) mass is 347 g/mol. The van der Waals surface area contributed by atoms with Crippen LogP contribution in [-0.2, 0) is 0 Å². The van der Waals surface area contributed by atoms with Crippen molar-refractivity contribution in [1.29, 1.82) is 0 Å². The first-order valence-electron chi connectivity index (χ1n) is 8.07. The average Bonchev–Trinajstić information content (AvgIpc) is 3.09. The normalized spacial score (nSPS) is 16.1. The number of halogens is 1. The zero-order valence-electron chi connectivity index (χ0n) is 13.7. The van der Waals surface area contributed by atoms with Gasteiger partial charge in [0.1, 0.15) is 16.7 Å². The lowest BCUT2D eigenvalue weighted by atomic mass is 10.1. The van der Waals surface area contributed by atoms with Crippen LogP contribution in [0.2, 0.25) is 5.15 Å². The number of nitrogens with two attached hydrogens (primary N) is 1. The van der Waals surface area contributed by atoms with Crippen LogP contribution >= 0.6 is 11.6 Å². The number of aromatic nitrogens is 2. The van der Waals surface area contributed by atoms with Gasteiger partial charge in [0, 0.05) is 12.6 Å². The zero-order valence-corrected chi connectivity index (χ0v) is 14.5. The van der Waals surface area contributed by atoms with Gasteiger partial charge in [-0.2, -0.15) is 4.98 Å². The molecule has 1 aliphatic heterocycles. The molecule has 1 aromatic carbocycles. The van der Waals surface area contributed by atoms with E-state index in [-0.39, 0.29) is 12.0 Å². The fraction of sp³-hybridized carbons (Fsp3) is 0.412. The summed E-state index contributed by atoms with van der Waals surface area (Å²) in [5.41, 5.74) is 6.91. The topological polar surface area (TPSA) is 76.3 Å². The van der Waals surface area contributed by atoms with E-state index in [4.69, 9.17) is 22.1 Å². The third-order valence-corrected chi connectivity index (χ3v) is 4.46. The molecule has 7 heteroatoms. The van der Waals surface area contributed by atoms with E-state index in [1.807, 2.05) is 12.1 Å². The molecule has 0 spiro atoms. The predicted molar refractivity (Wildman–Crippen MR) is 96.5 cm³/mol. The number of likely N-dealkylation sites (tertiary alicyclic amines) is 1. The average molecular weight is 348 g/mol. The van der Waals surface area contributed by atoms with E-state index >= 15 is 0 Å². The molecular formula is C17H22ClN5O. The van der Waals surface area contributed by atoms with Crippen LogP contribution in [0.3, 0.4) is 0 Å². The van der Waals surface area contributed by atoms with Gasteiger partial charge in [0.25, 0.3) is 0 Å². The number of nitrogen functional groups attached to an aromatic ring is 1. The SMILES string of the molecule is COc1ccc(C(CNc2cc(Cl)nc(N)n2)N2CCCC2)cc1. The molecule has 0 saturated carbocycles. The molecule has 3 N–H and O–H groups in total. The first-order valence-corrected chi connectivity index (χ1v) is 8.45. The number of benzene rings is 1. The van der Waals surface area contributed by atoms with E-state index in [9.17, 15) is 0 Å². The number of methoxy groups -OCH3 is 1. The highest BCUT2D eigenvalue weighted by molar-refractivity contribution is 6.29.